The summed E-state index contributed by atoms with van der Waals surface area (Å²) in [6.45, 7) is 0.893. The second-order valence-electron chi connectivity index (χ2n) is 5.43. The van der Waals surface area contributed by atoms with Crippen molar-refractivity contribution in [3.05, 3.63) is 0 Å². The number of carbonyl (C=O) groups excluding carboxylic acids is 1. The van der Waals surface area contributed by atoms with Gasteiger partial charge in [0.2, 0.25) is 0 Å². The monoisotopic (exact) mass is 272 g/mol. The van der Waals surface area contributed by atoms with Crippen molar-refractivity contribution in [1.82, 2.24) is 9.80 Å². The minimum Gasteiger partial charge on any atom is -0.480 e. The number of nitrogens with zero attached hydrogens (tertiary/aromatic N) is 2. The maximum Gasteiger partial charge on any atom is 0.323 e. The average Bonchev–Trinajstić information content (AvgIpc) is 2.81. The average molecular weight is 272 g/mol. The number of carbonyl (C=O) groups is 2. The number of aliphatic hydroxyl groups excluding tert-OH is 1. The van der Waals surface area contributed by atoms with Crippen molar-refractivity contribution < 1.29 is 24.5 Å². The molecule has 0 unspecified atom stereocenters. The predicted octanol–water partition coefficient (Wildman–Crippen LogP) is -1.25. The summed E-state index contributed by atoms with van der Waals surface area (Å²) in [6, 6.07) is -1.02. The van der Waals surface area contributed by atoms with Crippen molar-refractivity contribution in [3.63, 3.8) is 0 Å². The van der Waals surface area contributed by atoms with Crippen molar-refractivity contribution in [2.45, 2.75) is 37.1 Å². The van der Waals surface area contributed by atoms with Crippen LogP contribution in [-0.2, 0) is 14.3 Å². The Labute approximate surface area is 111 Å². The molecule has 0 aliphatic carbocycles. The molecular weight excluding hydrogens is 252 g/mol. The van der Waals surface area contributed by atoms with Crippen molar-refractivity contribution in [2.75, 3.05) is 27.2 Å². The summed E-state index contributed by atoms with van der Waals surface area (Å²) in [5.74, 6) is -1.27. The van der Waals surface area contributed by atoms with E-state index in [4.69, 9.17) is 9.84 Å². The third kappa shape index (κ3) is 3.05. The third-order valence-corrected chi connectivity index (χ3v) is 3.88. The van der Waals surface area contributed by atoms with E-state index in [2.05, 4.69) is 0 Å². The highest BCUT2D eigenvalue weighted by molar-refractivity contribution is 5.77. The van der Waals surface area contributed by atoms with Crippen LogP contribution in [0.2, 0.25) is 0 Å². The highest BCUT2D eigenvalue weighted by Gasteiger charge is 2.40. The van der Waals surface area contributed by atoms with Crippen LogP contribution >= 0.6 is 0 Å². The molecule has 0 aromatic heterocycles. The van der Waals surface area contributed by atoms with Crippen LogP contribution in [0.5, 0.6) is 0 Å². The van der Waals surface area contributed by atoms with Gasteiger partial charge in [-0.1, -0.05) is 0 Å². The van der Waals surface area contributed by atoms with E-state index in [9.17, 15) is 14.7 Å². The van der Waals surface area contributed by atoms with Crippen LogP contribution in [0.3, 0.4) is 0 Å². The Morgan fingerprint density at radius 2 is 1.74 bits per heavy atom. The lowest BCUT2D eigenvalue weighted by molar-refractivity contribution is -0.153. The molecule has 4 atom stereocenters. The smallest absolute Gasteiger partial charge is 0.323 e. The van der Waals surface area contributed by atoms with Crippen LogP contribution < -0.4 is 0 Å². The number of aliphatic carboxylic acids is 1. The molecule has 0 spiro atoms. The van der Waals surface area contributed by atoms with Crippen LogP contribution in [0, 0.1) is 0 Å². The van der Waals surface area contributed by atoms with Crippen molar-refractivity contribution >= 4 is 11.9 Å². The molecule has 0 saturated carbocycles. The Bertz CT molecular complexity index is 375. The molecule has 0 radical (unpaired) electrons. The summed E-state index contributed by atoms with van der Waals surface area (Å²) in [7, 11) is 3.47. The van der Waals surface area contributed by atoms with Gasteiger partial charge in [-0.2, -0.15) is 0 Å². The van der Waals surface area contributed by atoms with E-state index in [1.807, 2.05) is 0 Å². The molecule has 2 aliphatic heterocycles. The summed E-state index contributed by atoms with van der Waals surface area (Å²) >= 11 is 0. The molecule has 108 valence electrons. The van der Waals surface area contributed by atoms with Gasteiger partial charge in [-0.25, -0.2) is 0 Å². The Morgan fingerprint density at radius 1 is 1.11 bits per heavy atom. The van der Waals surface area contributed by atoms with Gasteiger partial charge >= 0.3 is 11.9 Å². The maximum absolute atomic E-state index is 12.0. The highest BCUT2D eigenvalue weighted by atomic mass is 16.5. The van der Waals surface area contributed by atoms with Crippen molar-refractivity contribution in [3.8, 4) is 0 Å². The SMILES string of the molecule is CN1C[C@H](OC(=O)[C@@H]2C[C@@H](O)CN2C)C[C@H]1C(=O)O. The molecule has 19 heavy (non-hydrogen) atoms. The van der Waals surface area contributed by atoms with E-state index in [1.54, 1.807) is 23.9 Å². The summed E-state index contributed by atoms with van der Waals surface area (Å²) in [4.78, 5) is 26.4. The predicted molar refractivity (Wildman–Crippen MR) is 65.6 cm³/mol. The van der Waals surface area contributed by atoms with Gasteiger partial charge in [0, 0.05) is 25.9 Å². The number of likely N-dealkylation sites (tertiary alicyclic amines) is 2. The zero-order valence-electron chi connectivity index (χ0n) is 11.2. The van der Waals surface area contributed by atoms with E-state index >= 15 is 0 Å². The second kappa shape index (κ2) is 5.44. The summed E-state index contributed by atoms with van der Waals surface area (Å²) in [6.07, 6.45) is -0.193. The number of β-amino-alcohol motifs (C(OH)–C–C–N with tert-alkyl or cyclic N) is 1. The lowest BCUT2D eigenvalue weighted by atomic mass is 10.2. The fourth-order valence-corrected chi connectivity index (χ4v) is 2.82. The molecule has 0 amide bonds. The minimum absolute atomic E-state index is 0.316. The fraction of sp³-hybridized carbons (Fsp3) is 0.833. The first-order chi connectivity index (χ1) is 8.88. The Morgan fingerprint density at radius 3 is 2.21 bits per heavy atom. The van der Waals surface area contributed by atoms with Crippen molar-refractivity contribution in [2.24, 2.45) is 0 Å². The number of likely N-dealkylation sites (N-methyl/N-ethyl adjacent to an activating group) is 2. The first kappa shape index (κ1) is 14.2. The van der Waals surface area contributed by atoms with Crippen LogP contribution in [0.15, 0.2) is 0 Å². The molecule has 2 N–H and O–H groups in total. The van der Waals surface area contributed by atoms with Gasteiger partial charge in [-0.15, -0.1) is 0 Å². The van der Waals surface area contributed by atoms with E-state index in [1.165, 1.54) is 0 Å². The summed E-state index contributed by atoms with van der Waals surface area (Å²) in [5.41, 5.74) is 0. The molecule has 2 heterocycles. The fourth-order valence-electron chi connectivity index (χ4n) is 2.82. The number of aliphatic hydroxyl groups is 1. The molecule has 0 aromatic rings. The number of hydrogen-bond donors (Lipinski definition) is 2. The number of esters is 1. The lowest BCUT2D eigenvalue weighted by Crippen LogP contribution is -2.37. The second-order valence-corrected chi connectivity index (χ2v) is 5.43. The molecule has 0 bridgehead atoms. The van der Waals surface area contributed by atoms with Crippen LogP contribution in [0.25, 0.3) is 0 Å². The molecule has 2 rings (SSSR count). The van der Waals surface area contributed by atoms with Gasteiger partial charge in [0.1, 0.15) is 18.2 Å². The molecule has 2 fully saturated rings. The standard InChI is InChI=1S/C12H20N2O5/c1-13-5-7(15)3-10(13)12(18)19-8-4-9(11(16)17)14(2)6-8/h7-10,15H,3-6H2,1-2H3,(H,16,17)/t7-,8-,9+,10+/m1/s1. The van der Waals surface area contributed by atoms with E-state index in [-0.39, 0.29) is 12.1 Å². The molecule has 2 saturated heterocycles. The zero-order valence-corrected chi connectivity index (χ0v) is 11.2. The van der Waals surface area contributed by atoms with E-state index in [0.29, 0.717) is 25.9 Å². The van der Waals surface area contributed by atoms with Crippen molar-refractivity contribution in [1.29, 1.82) is 0 Å². The largest absolute Gasteiger partial charge is 0.480 e. The number of carboxylic acids is 1. The number of ether oxygens (including phenoxy) is 1. The van der Waals surface area contributed by atoms with Crippen LogP contribution in [-0.4, -0.2) is 83.4 Å². The molecule has 2 aliphatic rings. The highest BCUT2D eigenvalue weighted by Crippen LogP contribution is 2.22. The molecule has 7 nitrogen and oxygen atoms in total. The van der Waals surface area contributed by atoms with Gasteiger partial charge in [0.15, 0.2) is 0 Å². The quantitative estimate of drug-likeness (QED) is 0.620. The number of carboxylic acid groups (broad SMARTS) is 1. The lowest BCUT2D eigenvalue weighted by Gasteiger charge is -2.20. The first-order valence-electron chi connectivity index (χ1n) is 6.40. The van der Waals surface area contributed by atoms with E-state index < -0.39 is 24.2 Å². The number of rotatable bonds is 3. The van der Waals surface area contributed by atoms with Gasteiger partial charge < -0.3 is 14.9 Å². The normalized spacial score (nSPS) is 36.6. The van der Waals surface area contributed by atoms with Gasteiger partial charge in [-0.3, -0.25) is 19.4 Å². The molecule has 7 heteroatoms. The first-order valence-corrected chi connectivity index (χ1v) is 6.40. The Hall–Kier alpha value is -1.18. The molecular formula is C12H20N2O5. The zero-order chi connectivity index (χ0) is 14.2. The topological polar surface area (TPSA) is 90.3 Å². The summed E-state index contributed by atoms with van der Waals surface area (Å²) < 4.78 is 5.37. The molecule has 0 aromatic carbocycles. The van der Waals surface area contributed by atoms with E-state index in [0.717, 1.165) is 0 Å². The van der Waals surface area contributed by atoms with Gasteiger partial charge in [-0.05, 0) is 14.1 Å². The third-order valence-electron chi connectivity index (χ3n) is 3.88. The number of hydrogen-bond acceptors (Lipinski definition) is 6. The van der Waals surface area contributed by atoms with Crippen LogP contribution in [0.4, 0.5) is 0 Å². The Balaban J connectivity index is 1.89. The maximum atomic E-state index is 12.0. The Kier molecular flexibility index (Phi) is 4.07. The summed E-state index contributed by atoms with van der Waals surface area (Å²) in [5, 5.41) is 18.5. The van der Waals surface area contributed by atoms with Crippen LogP contribution in [0.1, 0.15) is 12.8 Å². The van der Waals surface area contributed by atoms with Gasteiger partial charge in [0.05, 0.1) is 6.10 Å². The minimum atomic E-state index is -0.894. The van der Waals surface area contributed by atoms with Gasteiger partial charge in [0.25, 0.3) is 0 Å².